The van der Waals surface area contributed by atoms with E-state index in [-0.39, 0.29) is 11.8 Å². The van der Waals surface area contributed by atoms with Gasteiger partial charge in [0, 0.05) is 38.3 Å². The van der Waals surface area contributed by atoms with E-state index in [1.807, 2.05) is 77.4 Å². The highest BCUT2D eigenvalue weighted by molar-refractivity contribution is 6.32. The minimum absolute atomic E-state index is 0.000490. The number of amides is 2. The molecule has 1 fully saturated rings. The molecule has 2 amide bonds. The van der Waals surface area contributed by atoms with Gasteiger partial charge in [0.15, 0.2) is 0 Å². The first kappa shape index (κ1) is 25.1. The van der Waals surface area contributed by atoms with Crippen molar-refractivity contribution in [3.8, 4) is 16.9 Å². The average molecular weight is 492 g/mol. The maximum Gasteiger partial charge on any atom is 0.255 e. The van der Waals surface area contributed by atoms with E-state index in [0.29, 0.717) is 43.2 Å². The Morgan fingerprint density at radius 2 is 1.51 bits per heavy atom. The first-order chi connectivity index (χ1) is 17.0. The van der Waals surface area contributed by atoms with E-state index < -0.39 is 0 Å². The molecule has 0 N–H and O–H groups in total. The van der Waals surface area contributed by atoms with E-state index >= 15 is 0 Å². The number of carbonyl (C=O) groups excluding carboxylic acids is 2. The first-order valence-corrected chi connectivity index (χ1v) is 13.0. The van der Waals surface area contributed by atoms with Crippen LogP contribution in [0.15, 0.2) is 60.7 Å². The molecular weight excluding hydrogens is 458 g/mol. The maximum atomic E-state index is 13.6. The Morgan fingerprint density at radius 3 is 2.20 bits per heavy atom. The highest BCUT2D eigenvalue weighted by Gasteiger charge is 2.28. The van der Waals surface area contributed by atoms with Crippen molar-refractivity contribution in [1.82, 2.24) is 14.4 Å². The fraction of sp³-hybridized carbons (Fsp3) is 0.379. The number of hydrogen-bond donors (Lipinski definition) is 0. The van der Waals surface area contributed by atoms with Crippen molar-refractivity contribution in [3.63, 3.8) is 0 Å². The number of unbranched alkanes of at least 4 members (excludes halogenated alkanes) is 3. The molecule has 0 saturated carbocycles. The van der Waals surface area contributed by atoms with Crippen molar-refractivity contribution < 1.29 is 9.59 Å². The van der Waals surface area contributed by atoms with Gasteiger partial charge in [0.05, 0.1) is 22.0 Å². The third-order valence-electron chi connectivity index (χ3n) is 6.80. The van der Waals surface area contributed by atoms with Gasteiger partial charge in [-0.1, -0.05) is 80.3 Å². The standard InChI is InChI=1S/C29H34ClN3O2/c1-3-4-5-9-16-28(34)31-17-19-32(20-18-31)29(35)24-21-27(23-12-7-6-8-13-23)33(22(24)2)26-15-11-10-14-25(26)30/h6-8,10-15,21H,3-5,9,16-20H2,1-2H3. The van der Waals surface area contributed by atoms with Crippen LogP contribution >= 0.6 is 11.6 Å². The van der Waals surface area contributed by atoms with E-state index in [9.17, 15) is 9.59 Å². The summed E-state index contributed by atoms with van der Waals surface area (Å²) in [7, 11) is 0. The van der Waals surface area contributed by atoms with Gasteiger partial charge in [0.25, 0.3) is 5.91 Å². The Kier molecular flexibility index (Phi) is 8.29. The summed E-state index contributed by atoms with van der Waals surface area (Å²) in [5, 5.41) is 0.633. The zero-order valence-corrected chi connectivity index (χ0v) is 21.4. The van der Waals surface area contributed by atoms with Crippen LogP contribution < -0.4 is 0 Å². The van der Waals surface area contributed by atoms with E-state index in [4.69, 9.17) is 11.6 Å². The molecule has 5 nitrogen and oxygen atoms in total. The van der Waals surface area contributed by atoms with Crippen molar-refractivity contribution in [2.24, 2.45) is 0 Å². The molecule has 1 aliphatic heterocycles. The van der Waals surface area contributed by atoms with Crippen LogP contribution in [-0.4, -0.2) is 52.4 Å². The summed E-state index contributed by atoms with van der Waals surface area (Å²) in [6.45, 7) is 6.43. The summed E-state index contributed by atoms with van der Waals surface area (Å²) in [6, 6.07) is 19.7. The fourth-order valence-electron chi connectivity index (χ4n) is 4.78. The predicted molar refractivity (Wildman–Crippen MR) is 142 cm³/mol. The van der Waals surface area contributed by atoms with Crippen LogP contribution in [0.5, 0.6) is 0 Å². The molecule has 2 aromatic carbocycles. The second kappa shape index (κ2) is 11.6. The second-order valence-electron chi connectivity index (χ2n) is 9.17. The van der Waals surface area contributed by atoms with Crippen molar-refractivity contribution in [3.05, 3.63) is 76.9 Å². The number of carbonyl (C=O) groups is 2. The van der Waals surface area contributed by atoms with Crippen LogP contribution in [0, 0.1) is 6.92 Å². The number of para-hydroxylation sites is 1. The number of nitrogens with zero attached hydrogens (tertiary/aromatic N) is 3. The van der Waals surface area contributed by atoms with Gasteiger partial charge in [0.2, 0.25) is 5.91 Å². The van der Waals surface area contributed by atoms with Gasteiger partial charge in [-0.05, 0) is 37.1 Å². The van der Waals surface area contributed by atoms with Gasteiger partial charge in [-0.3, -0.25) is 9.59 Å². The summed E-state index contributed by atoms with van der Waals surface area (Å²) in [4.78, 5) is 30.0. The van der Waals surface area contributed by atoms with Gasteiger partial charge in [0.1, 0.15) is 0 Å². The highest BCUT2D eigenvalue weighted by Crippen LogP contribution is 2.33. The molecule has 35 heavy (non-hydrogen) atoms. The average Bonchev–Trinajstić information content (AvgIpc) is 3.23. The number of benzene rings is 2. The Balaban J connectivity index is 1.54. The van der Waals surface area contributed by atoms with Crippen LogP contribution in [0.2, 0.25) is 5.02 Å². The van der Waals surface area contributed by atoms with Crippen LogP contribution in [-0.2, 0) is 4.79 Å². The van der Waals surface area contributed by atoms with Crippen molar-refractivity contribution in [1.29, 1.82) is 0 Å². The minimum Gasteiger partial charge on any atom is -0.339 e. The predicted octanol–water partition coefficient (Wildman–Crippen LogP) is 6.36. The van der Waals surface area contributed by atoms with Gasteiger partial charge in [-0.15, -0.1) is 0 Å². The molecule has 1 saturated heterocycles. The van der Waals surface area contributed by atoms with Crippen molar-refractivity contribution >= 4 is 23.4 Å². The highest BCUT2D eigenvalue weighted by atomic mass is 35.5. The number of hydrogen-bond acceptors (Lipinski definition) is 2. The summed E-state index contributed by atoms with van der Waals surface area (Å²) in [6.07, 6.45) is 5.00. The Bertz CT molecular complexity index is 1160. The molecule has 0 bridgehead atoms. The van der Waals surface area contributed by atoms with Gasteiger partial charge in [-0.2, -0.15) is 0 Å². The molecule has 1 aromatic heterocycles. The van der Waals surface area contributed by atoms with Crippen LogP contribution in [0.1, 0.15) is 55.1 Å². The summed E-state index contributed by atoms with van der Waals surface area (Å²) >= 11 is 6.57. The molecule has 0 aliphatic carbocycles. The van der Waals surface area contributed by atoms with E-state index in [0.717, 1.165) is 35.5 Å². The number of piperazine rings is 1. The smallest absolute Gasteiger partial charge is 0.255 e. The summed E-state index contributed by atoms with van der Waals surface area (Å²) < 4.78 is 2.07. The van der Waals surface area contributed by atoms with Crippen molar-refractivity contribution in [2.75, 3.05) is 26.2 Å². The van der Waals surface area contributed by atoms with Crippen LogP contribution in [0.4, 0.5) is 0 Å². The number of aromatic nitrogens is 1. The molecule has 4 rings (SSSR count). The van der Waals surface area contributed by atoms with Gasteiger partial charge < -0.3 is 14.4 Å². The minimum atomic E-state index is 0.000490. The fourth-order valence-corrected chi connectivity index (χ4v) is 5.00. The number of rotatable bonds is 8. The number of halogens is 1. The molecule has 1 aliphatic rings. The molecule has 184 valence electrons. The Morgan fingerprint density at radius 1 is 0.857 bits per heavy atom. The molecule has 0 atom stereocenters. The summed E-state index contributed by atoms with van der Waals surface area (Å²) in [5.41, 5.74) is 4.33. The molecule has 0 spiro atoms. The molecular formula is C29H34ClN3O2. The third-order valence-corrected chi connectivity index (χ3v) is 7.12. The Hall–Kier alpha value is -3.05. The lowest BCUT2D eigenvalue weighted by Crippen LogP contribution is -2.50. The van der Waals surface area contributed by atoms with Gasteiger partial charge >= 0.3 is 0 Å². The normalized spacial score (nSPS) is 13.8. The summed E-state index contributed by atoms with van der Waals surface area (Å²) in [5.74, 6) is 0.209. The SMILES string of the molecule is CCCCCCC(=O)N1CCN(C(=O)c2cc(-c3ccccc3)n(-c3ccccc3Cl)c2C)CC1. The van der Waals surface area contributed by atoms with Gasteiger partial charge in [-0.25, -0.2) is 0 Å². The monoisotopic (exact) mass is 491 g/mol. The topological polar surface area (TPSA) is 45.6 Å². The van der Waals surface area contributed by atoms with E-state index in [2.05, 4.69) is 11.5 Å². The second-order valence-corrected chi connectivity index (χ2v) is 9.57. The molecule has 0 unspecified atom stereocenters. The molecule has 3 aromatic rings. The maximum absolute atomic E-state index is 13.6. The quantitative estimate of drug-likeness (QED) is 0.344. The molecule has 6 heteroatoms. The van der Waals surface area contributed by atoms with Crippen LogP contribution in [0.3, 0.4) is 0 Å². The molecule has 2 heterocycles. The van der Waals surface area contributed by atoms with E-state index in [1.54, 1.807) is 0 Å². The Labute approximate surface area is 213 Å². The van der Waals surface area contributed by atoms with E-state index in [1.165, 1.54) is 12.8 Å². The van der Waals surface area contributed by atoms with Crippen molar-refractivity contribution in [2.45, 2.75) is 46.0 Å². The third kappa shape index (κ3) is 5.62. The lowest BCUT2D eigenvalue weighted by molar-refractivity contribution is -0.132. The lowest BCUT2D eigenvalue weighted by atomic mass is 10.1. The zero-order valence-electron chi connectivity index (χ0n) is 20.7. The molecule has 0 radical (unpaired) electrons. The zero-order chi connectivity index (χ0) is 24.8. The lowest BCUT2D eigenvalue weighted by Gasteiger charge is -2.35. The largest absolute Gasteiger partial charge is 0.339 e. The van der Waals surface area contributed by atoms with Crippen LogP contribution in [0.25, 0.3) is 16.9 Å². The first-order valence-electron chi connectivity index (χ1n) is 12.6.